The molecular weight excluding hydrogens is 306 g/mol. The largest absolute Gasteiger partial charge is 0.397 e. The first kappa shape index (κ1) is 17.5. The molecule has 2 N–H and O–H groups in total. The minimum Gasteiger partial charge on any atom is -0.397 e. The summed E-state index contributed by atoms with van der Waals surface area (Å²) in [5.74, 6) is 2.45. The van der Waals surface area contributed by atoms with Crippen molar-refractivity contribution in [3.05, 3.63) is 53.0 Å². The van der Waals surface area contributed by atoms with Crippen LogP contribution in [-0.4, -0.2) is 9.55 Å². The first-order chi connectivity index (χ1) is 12.0. The fourth-order valence-corrected chi connectivity index (χ4v) is 3.65. The summed E-state index contributed by atoms with van der Waals surface area (Å²) in [5.41, 5.74) is 12.9. The van der Waals surface area contributed by atoms with Crippen molar-refractivity contribution in [1.82, 2.24) is 9.55 Å². The lowest BCUT2D eigenvalue weighted by Crippen LogP contribution is -2.22. The predicted molar refractivity (Wildman–Crippen MR) is 107 cm³/mol. The van der Waals surface area contributed by atoms with E-state index in [4.69, 9.17) is 10.7 Å². The van der Waals surface area contributed by atoms with Crippen LogP contribution in [0.4, 0.5) is 0 Å². The van der Waals surface area contributed by atoms with Gasteiger partial charge in [0.1, 0.15) is 5.82 Å². The number of nitrogens with two attached hydrogens (primary N) is 1. The molecule has 1 fully saturated rings. The van der Waals surface area contributed by atoms with Gasteiger partial charge < -0.3 is 10.3 Å². The Balaban J connectivity index is 2.22. The third kappa shape index (κ3) is 3.15. The minimum atomic E-state index is 0.523. The smallest absolute Gasteiger partial charge is 0.117 e. The van der Waals surface area contributed by atoms with E-state index >= 15 is 0 Å². The maximum Gasteiger partial charge on any atom is 0.117 e. The number of aromatic nitrogens is 2. The molecule has 0 bridgehead atoms. The van der Waals surface area contributed by atoms with E-state index in [0.29, 0.717) is 5.92 Å². The van der Waals surface area contributed by atoms with Crippen molar-refractivity contribution >= 4 is 11.9 Å². The van der Waals surface area contributed by atoms with Gasteiger partial charge in [0.05, 0.1) is 17.1 Å². The molecule has 1 saturated carbocycles. The van der Waals surface area contributed by atoms with E-state index in [1.807, 2.05) is 19.9 Å². The zero-order chi connectivity index (χ0) is 18.1. The molecule has 25 heavy (non-hydrogen) atoms. The summed E-state index contributed by atoms with van der Waals surface area (Å²) in [5, 5.41) is 0. The van der Waals surface area contributed by atoms with Crippen LogP contribution in [0.2, 0.25) is 0 Å². The van der Waals surface area contributed by atoms with Crippen LogP contribution in [-0.2, 0) is 0 Å². The number of hydrogen-bond donors (Lipinski definition) is 1. The van der Waals surface area contributed by atoms with E-state index in [-0.39, 0.29) is 0 Å². The number of rotatable bonds is 4. The molecule has 0 radical (unpaired) electrons. The molecule has 3 heteroatoms. The summed E-state index contributed by atoms with van der Waals surface area (Å²) in [4.78, 5) is 5.09. The molecule has 1 aliphatic rings. The normalized spacial score (nSPS) is 20.9. The maximum absolute atomic E-state index is 6.40. The molecule has 1 aromatic carbocycles. The molecule has 3 nitrogen and oxygen atoms in total. The summed E-state index contributed by atoms with van der Waals surface area (Å²) in [6, 6.07) is 6.54. The molecule has 0 atom stereocenters. The lowest BCUT2D eigenvalue weighted by atomic mass is 9.75. The van der Waals surface area contributed by atoms with E-state index < -0.39 is 0 Å². The first-order valence-corrected chi connectivity index (χ1v) is 9.21. The van der Waals surface area contributed by atoms with E-state index in [2.05, 4.69) is 55.8 Å². The molecule has 1 heterocycles. The summed E-state index contributed by atoms with van der Waals surface area (Å²) >= 11 is 0. The SMILES string of the molecule is C/C=C\n1c(C2CC(C)C2)nc(-c2ccc(C)c(C)c2)c1/C(N)=C\C. The number of benzene rings is 1. The second kappa shape index (κ2) is 6.91. The van der Waals surface area contributed by atoms with Crippen LogP contribution in [0.15, 0.2) is 30.4 Å². The number of hydrogen-bond acceptors (Lipinski definition) is 2. The first-order valence-electron chi connectivity index (χ1n) is 9.21. The van der Waals surface area contributed by atoms with Gasteiger partial charge >= 0.3 is 0 Å². The second-order valence-corrected chi connectivity index (χ2v) is 7.34. The number of imidazole rings is 1. The van der Waals surface area contributed by atoms with E-state index in [9.17, 15) is 0 Å². The summed E-state index contributed by atoms with van der Waals surface area (Å²) in [6.45, 7) is 10.6. The van der Waals surface area contributed by atoms with Gasteiger partial charge in [0.2, 0.25) is 0 Å². The lowest BCUT2D eigenvalue weighted by molar-refractivity contribution is 0.277. The van der Waals surface area contributed by atoms with Gasteiger partial charge in [0, 0.05) is 17.7 Å². The Morgan fingerprint density at radius 2 is 1.92 bits per heavy atom. The molecule has 3 rings (SSSR count). The quantitative estimate of drug-likeness (QED) is 0.803. The van der Waals surface area contributed by atoms with Gasteiger partial charge in [-0.3, -0.25) is 0 Å². The zero-order valence-electron chi connectivity index (χ0n) is 16.0. The maximum atomic E-state index is 6.40. The Labute approximate surface area is 151 Å². The number of aryl methyl sites for hydroxylation is 2. The molecule has 2 aromatic rings. The van der Waals surface area contributed by atoms with E-state index in [0.717, 1.165) is 34.4 Å². The summed E-state index contributed by atoms with van der Waals surface area (Å²) in [7, 11) is 0. The number of nitrogens with zero attached hydrogens (tertiary/aromatic N) is 2. The third-order valence-corrected chi connectivity index (χ3v) is 5.34. The molecule has 0 amide bonds. The van der Waals surface area contributed by atoms with E-state index in [1.54, 1.807) is 0 Å². The van der Waals surface area contributed by atoms with Gasteiger partial charge in [-0.15, -0.1) is 0 Å². The molecule has 132 valence electrons. The average Bonchev–Trinajstić information content (AvgIpc) is 2.93. The van der Waals surface area contributed by atoms with Crippen LogP contribution in [0, 0.1) is 19.8 Å². The van der Waals surface area contributed by atoms with Gasteiger partial charge in [0.15, 0.2) is 0 Å². The van der Waals surface area contributed by atoms with Crippen LogP contribution in [0.5, 0.6) is 0 Å². The van der Waals surface area contributed by atoms with Crippen molar-refractivity contribution in [2.45, 2.75) is 53.4 Å². The van der Waals surface area contributed by atoms with Gasteiger partial charge in [-0.2, -0.15) is 0 Å². The van der Waals surface area contributed by atoms with Gasteiger partial charge in [-0.05, 0) is 63.6 Å². The highest BCUT2D eigenvalue weighted by molar-refractivity contribution is 5.78. The number of allylic oxidation sites excluding steroid dienone is 2. The molecular formula is C22H29N3. The van der Waals surface area contributed by atoms with Crippen LogP contribution in [0.25, 0.3) is 23.2 Å². The molecule has 1 aromatic heterocycles. The third-order valence-electron chi connectivity index (χ3n) is 5.34. The zero-order valence-corrected chi connectivity index (χ0v) is 16.0. The van der Waals surface area contributed by atoms with Gasteiger partial charge in [-0.1, -0.05) is 31.2 Å². The average molecular weight is 335 g/mol. The molecule has 0 aliphatic heterocycles. The van der Waals surface area contributed by atoms with Crippen LogP contribution >= 0.6 is 0 Å². The van der Waals surface area contributed by atoms with E-state index in [1.165, 1.54) is 24.0 Å². The van der Waals surface area contributed by atoms with Crippen molar-refractivity contribution < 1.29 is 0 Å². The fraction of sp³-hybridized carbons (Fsp3) is 0.409. The van der Waals surface area contributed by atoms with Crippen molar-refractivity contribution in [2.24, 2.45) is 11.7 Å². The Hall–Kier alpha value is -2.29. The van der Waals surface area contributed by atoms with Crippen molar-refractivity contribution in [1.29, 1.82) is 0 Å². The lowest BCUT2D eigenvalue weighted by Gasteiger charge is -2.32. The highest BCUT2D eigenvalue weighted by Crippen LogP contribution is 2.43. The van der Waals surface area contributed by atoms with Gasteiger partial charge in [0.25, 0.3) is 0 Å². The Kier molecular flexibility index (Phi) is 4.85. The predicted octanol–water partition coefficient (Wildman–Crippen LogP) is 5.49. The van der Waals surface area contributed by atoms with Crippen molar-refractivity contribution in [3.8, 4) is 11.3 Å². The van der Waals surface area contributed by atoms with Crippen LogP contribution in [0.3, 0.4) is 0 Å². The topological polar surface area (TPSA) is 43.8 Å². The second-order valence-electron chi connectivity index (χ2n) is 7.34. The van der Waals surface area contributed by atoms with Crippen molar-refractivity contribution in [2.75, 3.05) is 0 Å². The monoisotopic (exact) mass is 335 g/mol. The van der Waals surface area contributed by atoms with Gasteiger partial charge in [-0.25, -0.2) is 4.98 Å². The molecule has 1 aliphatic carbocycles. The fourth-order valence-electron chi connectivity index (χ4n) is 3.65. The Morgan fingerprint density at radius 3 is 2.48 bits per heavy atom. The molecule has 0 spiro atoms. The minimum absolute atomic E-state index is 0.523. The Morgan fingerprint density at radius 1 is 1.20 bits per heavy atom. The highest BCUT2D eigenvalue weighted by atomic mass is 15.1. The molecule has 0 unspecified atom stereocenters. The summed E-state index contributed by atoms with van der Waals surface area (Å²) in [6.07, 6.45) is 8.53. The standard InChI is InChI=1S/C22H29N3/c1-6-10-25-21(19(23)7-2)20(17-9-8-15(4)16(5)13-17)24-22(25)18-11-14(3)12-18/h6-10,13-14,18H,11-12,23H2,1-5H3/b10-6-,19-7+. The summed E-state index contributed by atoms with van der Waals surface area (Å²) < 4.78 is 2.20. The highest BCUT2D eigenvalue weighted by Gasteiger charge is 2.32. The molecule has 0 saturated heterocycles. The van der Waals surface area contributed by atoms with Crippen molar-refractivity contribution in [3.63, 3.8) is 0 Å². The van der Waals surface area contributed by atoms with Crippen LogP contribution < -0.4 is 5.73 Å². The van der Waals surface area contributed by atoms with Crippen LogP contribution in [0.1, 0.15) is 62.2 Å². The Bertz CT molecular complexity index is 833.